The van der Waals surface area contributed by atoms with E-state index in [1.54, 1.807) is 0 Å². The van der Waals surface area contributed by atoms with Crippen LogP contribution >= 0.6 is 0 Å². The summed E-state index contributed by atoms with van der Waals surface area (Å²) in [4.78, 5) is 14.7. The molecule has 3 rings (SSSR count). The summed E-state index contributed by atoms with van der Waals surface area (Å²) in [5.41, 5.74) is 1.11. The molecule has 1 saturated heterocycles. The minimum Gasteiger partial charge on any atom is -0.353 e. The zero-order valence-corrected chi connectivity index (χ0v) is 13.1. The summed E-state index contributed by atoms with van der Waals surface area (Å²) in [6, 6.07) is 7.07. The average molecular weight is 304 g/mol. The van der Waals surface area contributed by atoms with Crippen molar-refractivity contribution in [3.8, 4) is 0 Å². The first-order valence-electron chi connectivity index (χ1n) is 8.48. The van der Waals surface area contributed by atoms with Gasteiger partial charge in [-0.25, -0.2) is 4.39 Å². The van der Waals surface area contributed by atoms with Crippen molar-refractivity contribution in [3.05, 3.63) is 35.6 Å². The first kappa shape index (κ1) is 15.5. The highest BCUT2D eigenvalue weighted by atomic mass is 19.1. The lowest BCUT2D eigenvalue weighted by Crippen LogP contribution is -2.45. The number of halogens is 1. The van der Waals surface area contributed by atoms with Crippen LogP contribution < -0.4 is 5.32 Å². The molecule has 0 aromatic heterocycles. The van der Waals surface area contributed by atoms with Crippen LogP contribution in [0, 0.1) is 11.7 Å². The predicted octanol–water partition coefficient (Wildman–Crippen LogP) is 3.10. The van der Waals surface area contributed by atoms with E-state index in [2.05, 4.69) is 10.2 Å². The largest absolute Gasteiger partial charge is 0.353 e. The van der Waals surface area contributed by atoms with Gasteiger partial charge >= 0.3 is 0 Å². The maximum Gasteiger partial charge on any atom is 0.224 e. The molecular weight excluding hydrogens is 279 g/mol. The smallest absolute Gasteiger partial charge is 0.224 e. The second-order valence-electron chi connectivity index (χ2n) is 6.69. The van der Waals surface area contributed by atoms with Crippen LogP contribution in [0.5, 0.6) is 0 Å². The van der Waals surface area contributed by atoms with E-state index >= 15 is 0 Å². The van der Waals surface area contributed by atoms with Crippen LogP contribution in [0.25, 0.3) is 0 Å². The molecule has 1 N–H and O–H groups in total. The topological polar surface area (TPSA) is 32.3 Å². The van der Waals surface area contributed by atoms with E-state index in [1.165, 1.54) is 25.0 Å². The predicted molar refractivity (Wildman–Crippen MR) is 84.8 cm³/mol. The van der Waals surface area contributed by atoms with E-state index < -0.39 is 0 Å². The minimum absolute atomic E-state index is 0.106. The molecule has 1 aliphatic carbocycles. The van der Waals surface area contributed by atoms with Gasteiger partial charge in [0.25, 0.3) is 0 Å². The summed E-state index contributed by atoms with van der Waals surface area (Å²) in [5.74, 6) is 0.140. The zero-order chi connectivity index (χ0) is 15.4. The molecule has 1 saturated carbocycles. The summed E-state index contributed by atoms with van der Waals surface area (Å²) in [5, 5.41) is 3.23. The van der Waals surface area contributed by atoms with Gasteiger partial charge < -0.3 is 5.32 Å². The number of carbonyl (C=O) groups excluding carboxylic acids is 1. The Morgan fingerprint density at radius 2 is 1.86 bits per heavy atom. The Morgan fingerprint density at radius 3 is 2.59 bits per heavy atom. The van der Waals surface area contributed by atoms with Gasteiger partial charge in [-0.3, -0.25) is 9.69 Å². The Hall–Kier alpha value is -1.42. The van der Waals surface area contributed by atoms with Crippen molar-refractivity contribution in [2.45, 2.75) is 51.1 Å². The van der Waals surface area contributed by atoms with Gasteiger partial charge in [-0.15, -0.1) is 0 Å². The molecule has 1 atom stereocenters. The zero-order valence-electron chi connectivity index (χ0n) is 13.1. The summed E-state index contributed by atoms with van der Waals surface area (Å²) in [7, 11) is 0. The molecule has 0 bridgehead atoms. The number of likely N-dealkylation sites (tertiary alicyclic amines) is 1. The normalized spacial score (nSPS) is 23.6. The number of carbonyl (C=O) groups is 1. The molecule has 2 aliphatic rings. The Balaban J connectivity index is 1.52. The number of nitrogens with zero attached hydrogens (tertiary/aromatic N) is 1. The summed E-state index contributed by atoms with van der Waals surface area (Å²) in [6.45, 7) is 2.63. The minimum atomic E-state index is -0.198. The lowest BCUT2D eigenvalue weighted by Gasteiger charge is -2.32. The van der Waals surface area contributed by atoms with Crippen molar-refractivity contribution >= 4 is 5.91 Å². The van der Waals surface area contributed by atoms with E-state index in [4.69, 9.17) is 0 Å². The Bertz CT molecular complexity index is 496. The van der Waals surface area contributed by atoms with Gasteiger partial charge in [-0.2, -0.15) is 0 Å². The number of rotatable bonds is 4. The first-order valence-corrected chi connectivity index (χ1v) is 8.48. The van der Waals surface area contributed by atoms with Gasteiger partial charge in [0, 0.05) is 19.1 Å². The molecule has 0 spiro atoms. The van der Waals surface area contributed by atoms with Crippen LogP contribution in [0.2, 0.25) is 0 Å². The molecular formula is C18H25FN2O. The van der Waals surface area contributed by atoms with E-state index in [0.29, 0.717) is 6.04 Å². The van der Waals surface area contributed by atoms with Crippen LogP contribution in [-0.4, -0.2) is 29.9 Å². The molecule has 1 heterocycles. The van der Waals surface area contributed by atoms with Crippen LogP contribution in [-0.2, 0) is 11.3 Å². The molecule has 120 valence electrons. The maximum atomic E-state index is 13.0. The number of hydrogen-bond acceptors (Lipinski definition) is 2. The Morgan fingerprint density at radius 1 is 1.14 bits per heavy atom. The molecule has 1 aromatic carbocycles. The fraction of sp³-hybridized carbons (Fsp3) is 0.611. The van der Waals surface area contributed by atoms with Crippen molar-refractivity contribution < 1.29 is 9.18 Å². The van der Waals surface area contributed by atoms with Crippen molar-refractivity contribution in [2.75, 3.05) is 13.1 Å². The van der Waals surface area contributed by atoms with Crippen LogP contribution in [0.3, 0.4) is 0 Å². The van der Waals surface area contributed by atoms with Crippen molar-refractivity contribution in [1.82, 2.24) is 10.2 Å². The van der Waals surface area contributed by atoms with Crippen LogP contribution in [0.1, 0.15) is 44.1 Å². The monoisotopic (exact) mass is 304 g/mol. The van der Waals surface area contributed by atoms with Gasteiger partial charge in [-0.1, -0.05) is 25.0 Å². The van der Waals surface area contributed by atoms with Crippen molar-refractivity contribution in [3.63, 3.8) is 0 Å². The molecule has 4 heteroatoms. The molecule has 3 nitrogen and oxygen atoms in total. The number of nitrogens with one attached hydrogen (secondary N) is 1. The highest BCUT2D eigenvalue weighted by Gasteiger charge is 2.27. The molecule has 0 radical (unpaired) electrons. The van der Waals surface area contributed by atoms with E-state index in [0.717, 1.165) is 50.9 Å². The summed E-state index contributed by atoms with van der Waals surface area (Å²) >= 11 is 0. The average Bonchev–Trinajstić information content (AvgIpc) is 3.03. The third-order valence-corrected chi connectivity index (χ3v) is 4.90. The molecule has 2 fully saturated rings. The standard InChI is InChI=1S/C18H25FN2O/c19-16-9-7-14(8-10-16)12-21-11-3-4-15(13-21)18(22)20-17-5-1-2-6-17/h7-10,15,17H,1-6,11-13H2,(H,20,22). The molecule has 1 aliphatic heterocycles. The highest BCUT2D eigenvalue weighted by molar-refractivity contribution is 5.79. The van der Waals surface area contributed by atoms with Crippen molar-refractivity contribution in [2.24, 2.45) is 5.92 Å². The second kappa shape index (κ2) is 7.23. The van der Waals surface area contributed by atoms with E-state index in [9.17, 15) is 9.18 Å². The Labute approximate surface area is 131 Å². The van der Waals surface area contributed by atoms with Crippen LogP contribution in [0.15, 0.2) is 24.3 Å². The fourth-order valence-corrected chi connectivity index (χ4v) is 3.65. The van der Waals surface area contributed by atoms with E-state index in [1.807, 2.05) is 12.1 Å². The molecule has 22 heavy (non-hydrogen) atoms. The second-order valence-corrected chi connectivity index (χ2v) is 6.69. The van der Waals surface area contributed by atoms with Crippen molar-refractivity contribution in [1.29, 1.82) is 0 Å². The Kier molecular flexibility index (Phi) is 5.08. The SMILES string of the molecule is O=C(NC1CCCC1)C1CCCN(Cc2ccc(F)cc2)C1. The number of piperidine rings is 1. The van der Waals surface area contributed by atoms with E-state index in [-0.39, 0.29) is 17.6 Å². The van der Waals surface area contributed by atoms with Gasteiger partial charge in [0.1, 0.15) is 5.82 Å². The summed E-state index contributed by atoms with van der Waals surface area (Å²) in [6.07, 6.45) is 6.80. The van der Waals surface area contributed by atoms with Crippen LogP contribution in [0.4, 0.5) is 4.39 Å². The fourth-order valence-electron chi connectivity index (χ4n) is 3.65. The third kappa shape index (κ3) is 4.07. The third-order valence-electron chi connectivity index (χ3n) is 4.90. The molecule has 1 aromatic rings. The maximum absolute atomic E-state index is 13.0. The molecule has 1 amide bonds. The number of amides is 1. The number of hydrogen-bond donors (Lipinski definition) is 1. The highest BCUT2D eigenvalue weighted by Crippen LogP contribution is 2.22. The lowest BCUT2D eigenvalue weighted by molar-refractivity contribution is -0.127. The first-order chi connectivity index (χ1) is 10.7. The quantitative estimate of drug-likeness (QED) is 0.927. The lowest BCUT2D eigenvalue weighted by atomic mass is 9.96. The van der Waals surface area contributed by atoms with Gasteiger partial charge in [0.15, 0.2) is 0 Å². The van der Waals surface area contributed by atoms with Gasteiger partial charge in [0.05, 0.1) is 5.92 Å². The number of benzene rings is 1. The summed E-state index contributed by atoms with van der Waals surface area (Å²) < 4.78 is 13.0. The van der Waals surface area contributed by atoms with Gasteiger partial charge in [0.2, 0.25) is 5.91 Å². The van der Waals surface area contributed by atoms with Gasteiger partial charge in [-0.05, 0) is 49.9 Å². The molecule has 1 unspecified atom stereocenters.